The summed E-state index contributed by atoms with van der Waals surface area (Å²) >= 11 is 0. The summed E-state index contributed by atoms with van der Waals surface area (Å²) < 4.78 is 5.07. The molecule has 0 atom stereocenters. The van der Waals surface area contributed by atoms with Gasteiger partial charge in [0.25, 0.3) is 0 Å². The Kier molecular flexibility index (Phi) is 6.23. The molecule has 2 N–H and O–H groups in total. The lowest BCUT2D eigenvalue weighted by Gasteiger charge is -2.28. The molecule has 0 saturated carbocycles. The van der Waals surface area contributed by atoms with Gasteiger partial charge in [-0.05, 0) is 39.1 Å². The molecule has 0 bridgehead atoms. The summed E-state index contributed by atoms with van der Waals surface area (Å²) in [6, 6.07) is 0. The molecule has 0 aliphatic carbocycles. The number of carbonyl (C=O) groups excluding carboxylic acids is 1. The first-order valence-corrected chi connectivity index (χ1v) is 8.26. The number of rotatable bonds is 7. The monoisotopic (exact) mass is 359 g/mol. The van der Waals surface area contributed by atoms with Crippen molar-refractivity contribution in [3.05, 3.63) is 29.7 Å². The van der Waals surface area contributed by atoms with Gasteiger partial charge in [0.1, 0.15) is 5.60 Å². The highest BCUT2D eigenvalue weighted by molar-refractivity contribution is 6.00. The van der Waals surface area contributed by atoms with Crippen molar-refractivity contribution in [3.63, 3.8) is 0 Å². The van der Waals surface area contributed by atoms with Crippen LogP contribution < -0.4 is 10.2 Å². The van der Waals surface area contributed by atoms with Crippen molar-refractivity contribution in [2.45, 2.75) is 26.4 Å². The molecule has 0 saturated heterocycles. The van der Waals surface area contributed by atoms with Gasteiger partial charge in [0.2, 0.25) is 5.91 Å². The summed E-state index contributed by atoms with van der Waals surface area (Å²) in [4.78, 5) is 26.6. The maximum atomic E-state index is 12.2. The van der Waals surface area contributed by atoms with Crippen LogP contribution in [0.15, 0.2) is 29.0 Å². The zero-order valence-corrected chi connectivity index (χ0v) is 15.6. The zero-order chi connectivity index (χ0) is 19.3. The Balaban J connectivity index is 2.36. The van der Waals surface area contributed by atoms with Crippen molar-refractivity contribution < 1.29 is 14.6 Å². The molecule has 1 aliphatic heterocycles. The highest BCUT2D eigenvalue weighted by Gasteiger charge is 2.26. The van der Waals surface area contributed by atoms with Gasteiger partial charge in [-0.2, -0.15) is 0 Å². The van der Waals surface area contributed by atoms with Crippen molar-refractivity contribution in [2.24, 2.45) is 4.99 Å². The largest absolute Gasteiger partial charge is 0.384 e. The number of aromatic nitrogens is 2. The van der Waals surface area contributed by atoms with Gasteiger partial charge in [0, 0.05) is 7.11 Å². The SMILES string of the molecule is C=N/C(=C\C=C(/C)c1cnc2c(n1)N(CCOC)C(=O)CN2)C(C)(C)O. The molecule has 26 heavy (non-hydrogen) atoms. The van der Waals surface area contributed by atoms with Crippen molar-refractivity contribution in [2.75, 3.05) is 37.0 Å². The highest BCUT2D eigenvalue weighted by atomic mass is 16.5. The number of hydrogen-bond acceptors (Lipinski definition) is 7. The number of hydrogen-bond donors (Lipinski definition) is 2. The molecular weight excluding hydrogens is 334 g/mol. The van der Waals surface area contributed by atoms with E-state index in [0.717, 1.165) is 5.57 Å². The van der Waals surface area contributed by atoms with Gasteiger partial charge >= 0.3 is 0 Å². The molecule has 1 aliphatic rings. The average molecular weight is 359 g/mol. The topological polar surface area (TPSA) is 99.9 Å². The summed E-state index contributed by atoms with van der Waals surface area (Å²) in [5, 5.41) is 13.0. The quantitative estimate of drug-likeness (QED) is 0.567. The minimum Gasteiger partial charge on any atom is -0.384 e. The number of ether oxygens (including phenoxy) is 1. The summed E-state index contributed by atoms with van der Waals surface area (Å²) in [5.41, 5.74) is 0.794. The van der Waals surface area contributed by atoms with Gasteiger partial charge in [-0.25, -0.2) is 9.97 Å². The zero-order valence-electron chi connectivity index (χ0n) is 15.6. The number of nitrogens with one attached hydrogen (secondary N) is 1. The van der Waals surface area contributed by atoms with Gasteiger partial charge < -0.3 is 15.2 Å². The van der Waals surface area contributed by atoms with Crippen molar-refractivity contribution in [3.8, 4) is 0 Å². The number of allylic oxidation sites excluding steroid dienone is 3. The van der Waals surface area contributed by atoms with E-state index < -0.39 is 5.60 Å². The van der Waals surface area contributed by atoms with E-state index in [0.29, 0.717) is 36.2 Å². The molecule has 8 heteroatoms. The normalized spacial score (nSPS) is 15.6. The number of fused-ring (bicyclic) bond motifs is 1. The molecule has 0 unspecified atom stereocenters. The van der Waals surface area contributed by atoms with Crippen molar-refractivity contribution >= 4 is 29.8 Å². The number of methoxy groups -OCH3 is 1. The van der Waals surface area contributed by atoms with Gasteiger partial charge in [-0.15, -0.1) is 0 Å². The third-order valence-corrected chi connectivity index (χ3v) is 3.93. The number of aliphatic imine (C=N–C) groups is 1. The second kappa shape index (κ2) is 8.20. The first-order chi connectivity index (χ1) is 12.3. The summed E-state index contributed by atoms with van der Waals surface area (Å²) in [5.74, 6) is 0.970. The second-order valence-corrected chi connectivity index (χ2v) is 6.44. The van der Waals surface area contributed by atoms with E-state index in [1.165, 1.54) is 0 Å². The Morgan fingerprint density at radius 1 is 1.54 bits per heavy atom. The fourth-order valence-corrected chi connectivity index (χ4v) is 2.41. The van der Waals surface area contributed by atoms with Crippen LogP contribution in [0.25, 0.3) is 5.57 Å². The molecule has 0 aromatic carbocycles. The number of anilines is 2. The maximum Gasteiger partial charge on any atom is 0.247 e. The van der Waals surface area contributed by atoms with Crippen LogP contribution in [-0.4, -0.2) is 60.1 Å². The van der Waals surface area contributed by atoms with Gasteiger partial charge in [0.15, 0.2) is 11.6 Å². The third-order valence-electron chi connectivity index (χ3n) is 3.93. The molecular formula is C18H25N5O3. The predicted octanol–water partition coefficient (Wildman–Crippen LogP) is 1.64. The molecule has 2 rings (SSSR count). The molecule has 1 amide bonds. The highest BCUT2D eigenvalue weighted by Crippen LogP contribution is 2.27. The number of nitrogens with zero attached hydrogens (tertiary/aromatic N) is 4. The van der Waals surface area contributed by atoms with Crippen LogP contribution in [0.2, 0.25) is 0 Å². The molecule has 140 valence electrons. The maximum absolute atomic E-state index is 12.2. The summed E-state index contributed by atoms with van der Waals surface area (Å²) in [6.07, 6.45) is 5.12. The van der Waals surface area contributed by atoms with E-state index >= 15 is 0 Å². The van der Waals surface area contributed by atoms with Crippen LogP contribution >= 0.6 is 0 Å². The van der Waals surface area contributed by atoms with Crippen LogP contribution in [0, 0.1) is 0 Å². The second-order valence-electron chi connectivity index (χ2n) is 6.44. The van der Waals surface area contributed by atoms with Crippen LogP contribution in [-0.2, 0) is 9.53 Å². The number of carbonyl (C=O) groups is 1. The van der Waals surface area contributed by atoms with Gasteiger partial charge in [-0.3, -0.25) is 14.7 Å². The lowest BCUT2D eigenvalue weighted by Crippen LogP contribution is -2.42. The molecule has 0 radical (unpaired) electrons. The molecule has 8 nitrogen and oxygen atoms in total. The molecule has 0 spiro atoms. The van der Waals surface area contributed by atoms with Crippen LogP contribution in [0.5, 0.6) is 0 Å². The lowest BCUT2D eigenvalue weighted by molar-refractivity contribution is -0.117. The Morgan fingerprint density at radius 2 is 2.27 bits per heavy atom. The third kappa shape index (κ3) is 4.53. The Morgan fingerprint density at radius 3 is 2.88 bits per heavy atom. The molecule has 0 fully saturated rings. The Bertz CT molecular complexity index is 750. The minimum absolute atomic E-state index is 0.0808. The van der Waals surface area contributed by atoms with E-state index in [1.54, 1.807) is 44.2 Å². The first-order valence-electron chi connectivity index (χ1n) is 8.26. The molecule has 1 aromatic rings. The predicted molar refractivity (Wildman–Crippen MR) is 102 cm³/mol. The number of amides is 1. The smallest absolute Gasteiger partial charge is 0.247 e. The lowest BCUT2D eigenvalue weighted by atomic mass is 10.0. The molecule has 2 heterocycles. The minimum atomic E-state index is -1.09. The van der Waals surface area contributed by atoms with E-state index in [1.807, 2.05) is 6.92 Å². The standard InChI is InChI=1S/C18H25N5O3/c1-12(6-7-14(19-4)18(2,3)25)13-10-20-16-17(22-13)23(8-9-26-5)15(24)11-21-16/h6-7,10,25H,4,8-9,11H2,1-3,5H3,(H,20,21)/b12-6+,14-7-. The van der Waals surface area contributed by atoms with E-state index in [9.17, 15) is 9.90 Å². The Hall–Kier alpha value is -2.58. The average Bonchev–Trinajstić information content (AvgIpc) is 2.59. The van der Waals surface area contributed by atoms with Crippen molar-refractivity contribution in [1.29, 1.82) is 0 Å². The van der Waals surface area contributed by atoms with E-state index in [-0.39, 0.29) is 12.5 Å². The van der Waals surface area contributed by atoms with E-state index in [4.69, 9.17) is 4.74 Å². The summed E-state index contributed by atoms with van der Waals surface area (Å²) in [7, 11) is 1.59. The van der Waals surface area contributed by atoms with Gasteiger partial charge in [0.05, 0.1) is 37.3 Å². The Labute approximate surface area is 153 Å². The van der Waals surface area contributed by atoms with Crippen LogP contribution in [0.3, 0.4) is 0 Å². The van der Waals surface area contributed by atoms with Crippen molar-refractivity contribution in [1.82, 2.24) is 9.97 Å². The fraction of sp³-hybridized carbons (Fsp3) is 0.444. The van der Waals surface area contributed by atoms with Crippen LogP contribution in [0.4, 0.5) is 11.6 Å². The summed E-state index contributed by atoms with van der Waals surface area (Å²) in [6.45, 7) is 9.64. The van der Waals surface area contributed by atoms with Gasteiger partial charge in [-0.1, -0.05) is 6.08 Å². The first kappa shape index (κ1) is 19.7. The number of aliphatic hydroxyl groups is 1. The fourth-order valence-electron chi connectivity index (χ4n) is 2.41. The van der Waals surface area contributed by atoms with E-state index in [2.05, 4.69) is 27.0 Å². The van der Waals surface area contributed by atoms with Crippen LogP contribution in [0.1, 0.15) is 26.5 Å². The molecule has 1 aromatic heterocycles.